The predicted octanol–water partition coefficient (Wildman–Crippen LogP) is -2.33. The largest absolute Gasteiger partial charge is 2.00 e. The van der Waals surface area contributed by atoms with Crippen molar-refractivity contribution < 1.29 is 143 Å². The molecule has 0 bridgehead atoms. The van der Waals surface area contributed by atoms with Gasteiger partial charge in [0.25, 0.3) is 0 Å². The molecule has 0 aromatic carbocycles. The minimum atomic E-state index is -3.50. The molecule has 0 aromatic heterocycles. The first-order valence-corrected chi connectivity index (χ1v) is 4.93. The van der Waals surface area contributed by atoms with Gasteiger partial charge < -0.3 is 54.9 Å². The van der Waals surface area contributed by atoms with Crippen LogP contribution in [0.25, 0.3) is 0 Å². The van der Waals surface area contributed by atoms with E-state index in [1.54, 1.807) is 0 Å². The Morgan fingerprint density at radius 3 is 0.828 bits per heavy atom. The number of hydrogen-bond acceptors (Lipinski definition) is 15. The Labute approximate surface area is 236 Å². The maximum Gasteiger partial charge on any atom is 2.00 e. The molecule has 0 fully saturated rings. The molecule has 5 N–H and O–H groups in total. The second kappa shape index (κ2) is 71.0. The van der Waals surface area contributed by atoms with Gasteiger partial charge in [-0.25, -0.2) is 16.7 Å². The average Bonchev–Trinajstić information content (AvgIpc) is 2.63. The van der Waals surface area contributed by atoms with Crippen LogP contribution in [0.5, 0.6) is 0 Å². The van der Waals surface area contributed by atoms with Crippen molar-refractivity contribution in [2.45, 2.75) is 6.16 Å². The van der Waals surface area contributed by atoms with Crippen LogP contribution in [0.1, 0.15) is 0 Å². The van der Waals surface area contributed by atoms with Gasteiger partial charge in [-0.15, -0.1) is 0 Å². The molecule has 0 aliphatic carbocycles. The van der Waals surface area contributed by atoms with Crippen LogP contribution >= 0.6 is 0 Å². The van der Waals surface area contributed by atoms with E-state index in [-0.39, 0.29) is 100 Å². The molecular formula is C11H15N5O10U3-2. The fraction of sp³-hybridized carbons (Fsp3) is 0.182. The minimum absolute atomic E-state index is 0. The molecule has 0 aliphatic rings. The van der Waals surface area contributed by atoms with Gasteiger partial charge in [-0.1, -0.05) is 0 Å². The third-order valence-corrected chi connectivity index (χ3v) is 0.464. The topological polar surface area (TPSA) is 248 Å². The molecule has 0 rings (SSSR count). The van der Waals surface area contributed by atoms with Crippen molar-refractivity contribution >= 4 is 30.4 Å². The van der Waals surface area contributed by atoms with Gasteiger partial charge in [0.2, 0.25) is 12.2 Å². The Hall–Kier alpha value is -0.534. The van der Waals surface area contributed by atoms with Crippen LogP contribution in [0.15, 0.2) is 25.0 Å². The summed E-state index contributed by atoms with van der Waals surface area (Å²) < 4.78 is 0. The number of rotatable bonds is 2. The van der Waals surface area contributed by atoms with Crippen LogP contribution in [0, 0.1) is 122 Å². The van der Waals surface area contributed by atoms with Crippen LogP contribution in [0.4, 0.5) is 0 Å². The van der Waals surface area contributed by atoms with Gasteiger partial charge in [0, 0.05) is 62.2 Å². The Kier molecular flexibility index (Phi) is 139. The van der Waals surface area contributed by atoms with Crippen molar-refractivity contribution in [3.8, 4) is 0 Å². The molecule has 0 saturated heterocycles. The Bertz CT molecular complexity index is 456. The van der Waals surface area contributed by atoms with E-state index in [2.05, 4.69) is 53.2 Å². The molecule has 0 unspecified atom stereocenters. The summed E-state index contributed by atoms with van der Waals surface area (Å²) in [5.41, 5.74) is 0. The van der Waals surface area contributed by atoms with Gasteiger partial charge in [0.1, 0.15) is 0 Å². The summed E-state index contributed by atoms with van der Waals surface area (Å²) in [6, 6.07) is 0. The molecule has 0 saturated carbocycles. The van der Waals surface area contributed by atoms with E-state index in [4.69, 9.17) is 39.9 Å². The standard InChI is InChI=1S/C3H2N2O2.3C2H2NO.CH4O4.CH3O.3U/c6-2-4-1-5-3-7;3*1-3-2-4;2-1(3,4)5;1-2;;;/h1H2;3*1H2;2-5H;2H,1H2;;;/q;3*-1;;-1;;;+2. The molecular weight excluding hydrogens is 1080 g/mol. The number of aliphatic hydroxyl groups is 5. The molecule has 0 amide bonds. The molecule has 0 atom stereocenters. The maximum atomic E-state index is 9.20. The van der Waals surface area contributed by atoms with E-state index in [1.807, 2.05) is 0 Å². The Morgan fingerprint density at radius 1 is 0.621 bits per heavy atom. The molecule has 15 nitrogen and oxygen atoms in total. The van der Waals surface area contributed by atoms with Gasteiger partial charge in [-0.3, -0.25) is 0 Å². The first kappa shape index (κ1) is 56.7. The predicted molar refractivity (Wildman–Crippen MR) is 80.4 cm³/mol. The summed E-state index contributed by atoms with van der Waals surface area (Å²) in [4.78, 5) is 58.8. The summed E-state index contributed by atoms with van der Waals surface area (Å²) in [6.07, 6.45) is 2.49. The van der Waals surface area contributed by atoms with Crippen LogP contribution < -0.4 is 0 Å². The smallest absolute Gasteiger partial charge is 0.569 e. The number of carbonyl (C=O) groups excluding carboxylic acids is 5. The van der Waals surface area contributed by atoms with Crippen LogP contribution in [-0.4, -0.2) is 68.8 Å². The van der Waals surface area contributed by atoms with E-state index in [9.17, 15) is 9.59 Å². The van der Waals surface area contributed by atoms with E-state index in [0.29, 0.717) is 0 Å². The average molecular weight is 1090 g/mol. The number of aliphatic hydroxyl groups excluding tert-OH is 1. The number of isocyanates is 5. The molecule has 0 heterocycles. The number of hydrogen-bond donors (Lipinski definition) is 5. The van der Waals surface area contributed by atoms with Crippen molar-refractivity contribution in [1.29, 1.82) is 0 Å². The molecule has 0 radical (unpaired) electrons. The first-order chi connectivity index (χ1) is 12.2. The van der Waals surface area contributed by atoms with Crippen molar-refractivity contribution in [3.63, 3.8) is 0 Å². The summed E-state index contributed by atoms with van der Waals surface area (Å²) in [6.45, 7) is -0.160. The summed E-state index contributed by atoms with van der Waals surface area (Å²) in [5.74, 6) is 0. The Balaban J connectivity index is -0.0000000239. The van der Waals surface area contributed by atoms with Gasteiger partial charge >= 0.3 is 37.3 Å². The van der Waals surface area contributed by atoms with Gasteiger partial charge in [0.15, 0.2) is 6.67 Å². The zero-order valence-corrected chi connectivity index (χ0v) is 27.0. The van der Waals surface area contributed by atoms with Crippen LogP contribution in [-0.2, 0) is 24.0 Å². The SMILES string of the molecule is O=C=NCN=C=O.OC(O)(O)O.[CH2-]N=C=O.[CH2-]N=C=O.[CH2-]N=C=O.[CH2-]O.[U+2].[U].[U]. The van der Waals surface area contributed by atoms with Crippen LogP contribution in [0.3, 0.4) is 0 Å². The monoisotopic (exact) mass is 1090 g/mol. The van der Waals surface area contributed by atoms with Crippen LogP contribution in [0.2, 0.25) is 0 Å². The summed E-state index contributed by atoms with van der Waals surface area (Å²) in [5, 5.41) is 35.5. The van der Waals surface area contributed by atoms with Crippen molar-refractivity contribution in [3.05, 3.63) is 28.3 Å². The summed E-state index contributed by atoms with van der Waals surface area (Å²) >= 11 is 0. The quantitative estimate of drug-likeness (QED) is 0.0855. The third-order valence-electron chi connectivity index (χ3n) is 0.464. The fourth-order valence-corrected chi connectivity index (χ4v) is 0.0931. The molecule has 158 valence electrons. The van der Waals surface area contributed by atoms with Gasteiger partial charge in [-0.2, -0.15) is 31.1 Å². The van der Waals surface area contributed by atoms with E-state index in [1.165, 1.54) is 30.4 Å². The van der Waals surface area contributed by atoms with Gasteiger partial charge in [-0.05, 0) is 18.2 Å². The molecule has 0 spiro atoms. The molecule has 18 heteroatoms. The molecule has 0 aliphatic heterocycles. The minimum Gasteiger partial charge on any atom is -0.569 e. The Morgan fingerprint density at radius 2 is 0.759 bits per heavy atom. The van der Waals surface area contributed by atoms with E-state index < -0.39 is 6.16 Å². The number of aliphatic imine (C=N–C) groups is 5. The first-order valence-electron chi connectivity index (χ1n) is 4.93. The zero-order valence-electron chi connectivity index (χ0n) is 14.5. The number of nitrogens with zero attached hydrogens (tertiary/aromatic N) is 5. The van der Waals surface area contributed by atoms with E-state index in [0.717, 1.165) is 0 Å². The van der Waals surface area contributed by atoms with Gasteiger partial charge in [0.05, 0.1) is 0 Å². The van der Waals surface area contributed by atoms with E-state index >= 15 is 0 Å². The van der Waals surface area contributed by atoms with Crippen molar-refractivity contribution in [1.82, 2.24) is 0 Å². The fourth-order valence-electron chi connectivity index (χ4n) is 0.0931. The second-order valence-corrected chi connectivity index (χ2v) is 1.99. The normalized spacial score (nSPS) is 5.31. The maximum absolute atomic E-state index is 9.20. The van der Waals surface area contributed by atoms with Crippen molar-refractivity contribution in [2.24, 2.45) is 25.0 Å². The zero-order chi connectivity index (χ0) is 22.3. The molecule has 29 heavy (non-hydrogen) atoms. The molecule has 0 aromatic rings. The second-order valence-electron chi connectivity index (χ2n) is 1.99. The summed E-state index contributed by atoms with van der Waals surface area (Å²) in [7, 11) is 10.7. The third kappa shape index (κ3) is 426. The van der Waals surface area contributed by atoms with Crippen molar-refractivity contribution in [2.75, 3.05) is 6.67 Å².